The fourth-order valence-electron chi connectivity index (χ4n) is 3.92. The van der Waals surface area contributed by atoms with Crippen molar-refractivity contribution < 1.29 is 19.1 Å². The molecular weight excluding hydrogens is 358 g/mol. The molecule has 2 saturated heterocycles. The van der Waals surface area contributed by atoms with Crippen molar-refractivity contribution in [1.82, 2.24) is 14.7 Å². The summed E-state index contributed by atoms with van der Waals surface area (Å²) in [6.07, 6.45) is 1.73. The SMILES string of the molecule is COCCN1CC[C@H](N2CCCN(C(=O)COc3cccc(C)c3)CC2)C1=O. The number of hydrogen-bond acceptors (Lipinski definition) is 5. The molecule has 0 aliphatic carbocycles. The van der Waals surface area contributed by atoms with Crippen molar-refractivity contribution in [3.05, 3.63) is 29.8 Å². The maximum atomic E-state index is 12.7. The first kappa shape index (κ1) is 20.6. The lowest BCUT2D eigenvalue weighted by molar-refractivity contribution is -0.133. The molecule has 154 valence electrons. The summed E-state index contributed by atoms with van der Waals surface area (Å²) in [5.41, 5.74) is 1.11. The number of methoxy groups -OCH3 is 1. The van der Waals surface area contributed by atoms with E-state index in [1.807, 2.05) is 41.0 Å². The van der Waals surface area contributed by atoms with Crippen LogP contribution in [-0.2, 0) is 14.3 Å². The molecule has 2 aliphatic heterocycles. The number of carbonyl (C=O) groups excluding carboxylic acids is 2. The molecule has 3 rings (SSSR count). The standard InChI is InChI=1S/C21H31N3O4/c1-17-5-3-6-18(15-17)28-16-20(25)23-9-4-8-22(11-12-23)19-7-10-24(21(19)26)13-14-27-2/h3,5-6,15,19H,4,7-14,16H2,1-2H3/t19-/m0/s1. The lowest BCUT2D eigenvalue weighted by Crippen LogP contribution is -2.44. The van der Waals surface area contributed by atoms with Gasteiger partial charge in [-0.3, -0.25) is 14.5 Å². The van der Waals surface area contributed by atoms with Crippen LogP contribution < -0.4 is 4.74 Å². The molecule has 1 aromatic rings. The van der Waals surface area contributed by atoms with E-state index in [2.05, 4.69) is 4.90 Å². The second kappa shape index (κ2) is 9.89. The van der Waals surface area contributed by atoms with E-state index < -0.39 is 0 Å². The van der Waals surface area contributed by atoms with Crippen LogP contribution in [0.1, 0.15) is 18.4 Å². The van der Waals surface area contributed by atoms with E-state index in [1.165, 1.54) is 0 Å². The van der Waals surface area contributed by atoms with Crippen LogP contribution in [0.2, 0.25) is 0 Å². The van der Waals surface area contributed by atoms with Gasteiger partial charge in [-0.1, -0.05) is 12.1 Å². The van der Waals surface area contributed by atoms with E-state index in [-0.39, 0.29) is 24.5 Å². The normalized spacial score (nSPS) is 21.1. The molecule has 0 radical (unpaired) electrons. The number of nitrogens with zero attached hydrogens (tertiary/aromatic N) is 3. The van der Waals surface area contributed by atoms with Gasteiger partial charge in [0.1, 0.15) is 5.75 Å². The summed E-state index contributed by atoms with van der Waals surface area (Å²) < 4.78 is 10.8. The number of likely N-dealkylation sites (tertiary alicyclic amines) is 1. The van der Waals surface area contributed by atoms with Crippen molar-refractivity contribution >= 4 is 11.8 Å². The first-order chi connectivity index (χ1) is 13.6. The first-order valence-corrected chi connectivity index (χ1v) is 10.1. The fourth-order valence-corrected chi connectivity index (χ4v) is 3.92. The minimum absolute atomic E-state index is 0.00262. The monoisotopic (exact) mass is 389 g/mol. The number of aryl methyl sites for hydroxylation is 1. The van der Waals surface area contributed by atoms with Gasteiger partial charge in [0.2, 0.25) is 5.91 Å². The summed E-state index contributed by atoms with van der Waals surface area (Å²) in [6, 6.07) is 7.66. The second-order valence-electron chi connectivity index (χ2n) is 7.50. The van der Waals surface area contributed by atoms with Gasteiger partial charge in [0.25, 0.3) is 5.91 Å². The molecule has 28 heavy (non-hydrogen) atoms. The van der Waals surface area contributed by atoms with Crippen molar-refractivity contribution in [3.8, 4) is 5.75 Å². The number of ether oxygens (including phenoxy) is 2. The molecule has 0 saturated carbocycles. The summed E-state index contributed by atoms with van der Waals surface area (Å²) in [6.45, 7) is 6.98. The molecule has 1 atom stereocenters. The van der Waals surface area contributed by atoms with Gasteiger partial charge >= 0.3 is 0 Å². The van der Waals surface area contributed by atoms with Crippen molar-refractivity contribution in [1.29, 1.82) is 0 Å². The van der Waals surface area contributed by atoms with Crippen LogP contribution >= 0.6 is 0 Å². The molecule has 0 spiro atoms. The van der Waals surface area contributed by atoms with Crippen LogP contribution in [0.15, 0.2) is 24.3 Å². The predicted molar refractivity (Wildman–Crippen MR) is 106 cm³/mol. The minimum Gasteiger partial charge on any atom is -0.484 e. The topological polar surface area (TPSA) is 62.3 Å². The average molecular weight is 389 g/mol. The van der Waals surface area contributed by atoms with E-state index in [0.717, 1.165) is 43.8 Å². The summed E-state index contributed by atoms with van der Waals surface area (Å²) in [4.78, 5) is 31.2. The maximum absolute atomic E-state index is 12.7. The molecule has 2 heterocycles. The zero-order valence-electron chi connectivity index (χ0n) is 16.9. The highest BCUT2D eigenvalue weighted by atomic mass is 16.5. The highest BCUT2D eigenvalue weighted by molar-refractivity contribution is 5.84. The molecule has 0 bridgehead atoms. The van der Waals surface area contributed by atoms with Crippen molar-refractivity contribution in [2.45, 2.75) is 25.8 Å². The average Bonchev–Trinajstić information content (AvgIpc) is 2.90. The first-order valence-electron chi connectivity index (χ1n) is 10.1. The number of rotatable bonds is 7. The summed E-state index contributed by atoms with van der Waals surface area (Å²) in [5, 5.41) is 0. The van der Waals surface area contributed by atoms with Crippen LogP contribution in [0.25, 0.3) is 0 Å². The molecule has 7 nitrogen and oxygen atoms in total. The van der Waals surface area contributed by atoms with Gasteiger partial charge in [-0.15, -0.1) is 0 Å². The van der Waals surface area contributed by atoms with Crippen molar-refractivity contribution in [2.75, 3.05) is 59.6 Å². The molecule has 2 fully saturated rings. The van der Waals surface area contributed by atoms with Gasteiger partial charge in [0.05, 0.1) is 12.6 Å². The largest absolute Gasteiger partial charge is 0.484 e. The smallest absolute Gasteiger partial charge is 0.260 e. The summed E-state index contributed by atoms with van der Waals surface area (Å²) in [5.74, 6) is 0.917. The van der Waals surface area contributed by atoms with Crippen LogP contribution in [0.4, 0.5) is 0 Å². The highest BCUT2D eigenvalue weighted by Crippen LogP contribution is 2.19. The Bertz CT molecular complexity index is 681. The predicted octanol–water partition coefficient (Wildman–Crippen LogP) is 1.16. The van der Waals surface area contributed by atoms with Crippen LogP contribution in [0, 0.1) is 6.92 Å². The van der Waals surface area contributed by atoms with Gasteiger partial charge < -0.3 is 19.3 Å². The van der Waals surface area contributed by atoms with Gasteiger partial charge in [0, 0.05) is 46.4 Å². The molecule has 2 amide bonds. The van der Waals surface area contributed by atoms with E-state index in [0.29, 0.717) is 26.2 Å². The Balaban J connectivity index is 1.48. The molecule has 1 aromatic carbocycles. The van der Waals surface area contributed by atoms with Crippen molar-refractivity contribution in [3.63, 3.8) is 0 Å². The summed E-state index contributed by atoms with van der Waals surface area (Å²) in [7, 11) is 1.65. The summed E-state index contributed by atoms with van der Waals surface area (Å²) >= 11 is 0. The Hall–Kier alpha value is -2.12. The Morgan fingerprint density at radius 2 is 2.04 bits per heavy atom. The highest BCUT2D eigenvalue weighted by Gasteiger charge is 2.36. The third kappa shape index (κ3) is 5.23. The van der Waals surface area contributed by atoms with Gasteiger partial charge in [-0.25, -0.2) is 0 Å². The Labute approximate surface area is 167 Å². The third-order valence-electron chi connectivity index (χ3n) is 5.51. The number of carbonyl (C=O) groups is 2. The Kier molecular flexibility index (Phi) is 7.28. The molecule has 2 aliphatic rings. The zero-order valence-corrected chi connectivity index (χ0v) is 16.9. The zero-order chi connectivity index (χ0) is 19.9. The Morgan fingerprint density at radius 3 is 2.82 bits per heavy atom. The van der Waals surface area contributed by atoms with E-state index >= 15 is 0 Å². The van der Waals surface area contributed by atoms with Crippen molar-refractivity contribution in [2.24, 2.45) is 0 Å². The van der Waals surface area contributed by atoms with Gasteiger partial charge in [-0.05, 0) is 37.5 Å². The van der Waals surface area contributed by atoms with Crippen LogP contribution in [0.5, 0.6) is 5.75 Å². The fraction of sp³-hybridized carbons (Fsp3) is 0.619. The van der Waals surface area contributed by atoms with E-state index in [4.69, 9.17) is 9.47 Å². The van der Waals surface area contributed by atoms with E-state index in [1.54, 1.807) is 7.11 Å². The number of hydrogen-bond donors (Lipinski definition) is 0. The van der Waals surface area contributed by atoms with E-state index in [9.17, 15) is 9.59 Å². The molecule has 0 aromatic heterocycles. The van der Waals surface area contributed by atoms with Crippen LogP contribution in [-0.4, -0.2) is 92.1 Å². The lowest BCUT2D eigenvalue weighted by atomic mass is 10.2. The molecule has 0 unspecified atom stereocenters. The molecule has 0 N–H and O–H groups in total. The minimum atomic E-state index is -0.0598. The van der Waals surface area contributed by atoms with Gasteiger partial charge in [-0.2, -0.15) is 0 Å². The molecule has 7 heteroatoms. The van der Waals surface area contributed by atoms with Crippen LogP contribution in [0.3, 0.4) is 0 Å². The number of benzene rings is 1. The quantitative estimate of drug-likeness (QED) is 0.700. The third-order valence-corrected chi connectivity index (χ3v) is 5.51. The number of amides is 2. The molecular formula is C21H31N3O4. The Morgan fingerprint density at radius 1 is 1.18 bits per heavy atom. The lowest BCUT2D eigenvalue weighted by Gasteiger charge is -2.26. The maximum Gasteiger partial charge on any atom is 0.260 e. The van der Waals surface area contributed by atoms with Gasteiger partial charge in [0.15, 0.2) is 6.61 Å². The second-order valence-corrected chi connectivity index (χ2v) is 7.50.